The Kier molecular flexibility index (Phi) is 4.27. The van der Waals surface area contributed by atoms with Crippen LogP contribution in [0.4, 0.5) is 8.78 Å². The van der Waals surface area contributed by atoms with Crippen molar-refractivity contribution in [3.8, 4) is 5.75 Å². The standard InChI is InChI=1S/C14H19F2NO3/c1-20-12-5-3-11(4-6-12)9-17-8-2-7-14(18,19)13(15,16)10-17/h3-6,18-19H,2,7-10H2,1H3. The molecular weight excluding hydrogens is 268 g/mol. The lowest BCUT2D eigenvalue weighted by Gasteiger charge is -2.31. The average molecular weight is 287 g/mol. The highest BCUT2D eigenvalue weighted by Crippen LogP contribution is 2.34. The van der Waals surface area contributed by atoms with Crippen molar-refractivity contribution in [1.82, 2.24) is 4.90 Å². The summed E-state index contributed by atoms with van der Waals surface area (Å²) in [7, 11) is 1.56. The van der Waals surface area contributed by atoms with Crippen LogP contribution >= 0.6 is 0 Å². The van der Waals surface area contributed by atoms with Crippen LogP contribution in [0.3, 0.4) is 0 Å². The number of benzene rings is 1. The Balaban J connectivity index is 2.05. The summed E-state index contributed by atoms with van der Waals surface area (Å²) in [6.45, 7) is 0.0895. The van der Waals surface area contributed by atoms with Gasteiger partial charge in [-0.15, -0.1) is 0 Å². The largest absolute Gasteiger partial charge is 0.497 e. The fourth-order valence-electron chi connectivity index (χ4n) is 2.34. The summed E-state index contributed by atoms with van der Waals surface area (Å²) in [5.41, 5.74) is 0.880. The first kappa shape index (κ1) is 15.2. The van der Waals surface area contributed by atoms with Gasteiger partial charge in [0.1, 0.15) is 5.75 Å². The molecule has 2 N–H and O–H groups in total. The van der Waals surface area contributed by atoms with Crippen LogP contribution in [0.25, 0.3) is 0 Å². The lowest BCUT2D eigenvalue weighted by atomic mass is 10.1. The lowest BCUT2D eigenvalue weighted by Crippen LogP contribution is -2.52. The van der Waals surface area contributed by atoms with E-state index in [4.69, 9.17) is 4.74 Å². The number of likely N-dealkylation sites (tertiary alicyclic amines) is 1. The van der Waals surface area contributed by atoms with Crippen molar-refractivity contribution in [3.63, 3.8) is 0 Å². The van der Waals surface area contributed by atoms with E-state index < -0.39 is 18.3 Å². The van der Waals surface area contributed by atoms with Gasteiger partial charge in [-0.25, -0.2) is 0 Å². The smallest absolute Gasteiger partial charge is 0.312 e. The summed E-state index contributed by atoms with van der Waals surface area (Å²) in [6, 6.07) is 7.17. The quantitative estimate of drug-likeness (QED) is 0.829. The van der Waals surface area contributed by atoms with E-state index >= 15 is 0 Å². The minimum atomic E-state index is -3.53. The van der Waals surface area contributed by atoms with E-state index in [9.17, 15) is 19.0 Å². The molecule has 0 amide bonds. The van der Waals surface area contributed by atoms with Crippen LogP contribution in [-0.4, -0.2) is 47.0 Å². The molecule has 0 bridgehead atoms. The maximum absolute atomic E-state index is 13.8. The molecule has 1 heterocycles. The molecule has 1 aromatic rings. The van der Waals surface area contributed by atoms with Gasteiger partial charge in [-0.2, -0.15) is 8.78 Å². The number of ether oxygens (including phenoxy) is 1. The van der Waals surface area contributed by atoms with Gasteiger partial charge in [0, 0.05) is 13.0 Å². The van der Waals surface area contributed by atoms with Crippen LogP contribution < -0.4 is 4.74 Å². The van der Waals surface area contributed by atoms with Gasteiger partial charge < -0.3 is 14.9 Å². The van der Waals surface area contributed by atoms with Gasteiger partial charge in [0.15, 0.2) is 0 Å². The number of alkyl halides is 2. The van der Waals surface area contributed by atoms with E-state index in [0.717, 1.165) is 5.56 Å². The van der Waals surface area contributed by atoms with Crippen molar-refractivity contribution in [1.29, 1.82) is 0 Å². The molecule has 0 atom stereocenters. The second-order valence-electron chi connectivity index (χ2n) is 5.18. The van der Waals surface area contributed by atoms with Gasteiger partial charge in [-0.3, -0.25) is 4.90 Å². The van der Waals surface area contributed by atoms with Crippen molar-refractivity contribution in [2.75, 3.05) is 20.2 Å². The molecular formula is C14H19F2NO3. The predicted octanol–water partition coefficient (Wildman–Crippen LogP) is 1.61. The maximum Gasteiger partial charge on any atom is 0.312 e. The number of rotatable bonds is 3. The highest BCUT2D eigenvalue weighted by Gasteiger charge is 2.53. The Morgan fingerprint density at radius 2 is 1.90 bits per heavy atom. The summed E-state index contributed by atoms with van der Waals surface area (Å²) < 4.78 is 32.5. The van der Waals surface area contributed by atoms with E-state index in [0.29, 0.717) is 25.3 Å². The third-order valence-electron chi connectivity index (χ3n) is 3.57. The van der Waals surface area contributed by atoms with Crippen molar-refractivity contribution >= 4 is 0 Å². The fourth-order valence-corrected chi connectivity index (χ4v) is 2.34. The van der Waals surface area contributed by atoms with Gasteiger partial charge in [-0.1, -0.05) is 12.1 Å². The van der Waals surface area contributed by atoms with Gasteiger partial charge >= 0.3 is 5.92 Å². The first-order chi connectivity index (χ1) is 9.34. The van der Waals surface area contributed by atoms with Crippen molar-refractivity contribution < 1.29 is 23.7 Å². The molecule has 4 nitrogen and oxygen atoms in total. The Morgan fingerprint density at radius 1 is 1.25 bits per heavy atom. The summed E-state index contributed by atoms with van der Waals surface area (Å²) >= 11 is 0. The van der Waals surface area contributed by atoms with Crippen molar-refractivity contribution in [2.45, 2.75) is 31.1 Å². The predicted molar refractivity (Wildman–Crippen MR) is 69.6 cm³/mol. The molecule has 6 heteroatoms. The third-order valence-corrected chi connectivity index (χ3v) is 3.57. The van der Waals surface area contributed by atoms with Crippen LogP contribution in [0.5, 0.6) is 5.75 Å². The molecule has 1 aliphatic heterocycles. The molecule has 0 radical (unpaired) electrons. The minimum absolute atomic E-state index is 0.318. The topological polar surface area (TPSA) is 52.9 Å². The molecule has 20 heavy (non-hydrogen) atoms. The Hall–Kier alpha value is -1.24. The first-order valence-corrected chi connectivity index (χ1v) is 6.52. The van der Waals surface area contributed by atoms with Crippen LogP contribution in [0.15, 0.2) is 24.3 Å². The third kappa shape index (κ3) is 3.26. The molecule has 0 aliphatic carbocycles. The van der Waals surface area contributed by atoms with Crippen molar-refractivity contribution in [3.05, 3.63) is 29.8 Å². The molecule has 1 fully saturated rings. The zero-order valence-electron chi connectivity index (χ0n) is 11.4. The molecule has 1 saturated heterocycles. The number of hydrogen-bond acceptors (Lipinski definition) is 4. The fraction of sp³-hybridized carbons (Fsp3) is 0.571. The van der Waals surface area contributed by atoms with E-state index in [-0.39, 0.29) is 6.42 Å². The van der Waals surface area contributed by atoms with Crippen LogP contribution in [-0.2, 0) is 6.54 Å². The number of halogens is 2. The van der Waals surface area contributed by atoms with E-state index in [2.05, 4.69) is 0 Å². The highest BCUT2D eigenvalue weighted by molar-refractivity contribution is 5.27. The maximum atomic E-state index is 13.8. The SMILES string of the molecule is COc1ccc(CN2CCCC(O)(O)C(F)(F)C2)cc1. The second kappa shape index (κ2) is 5.63. The summed E-state index contributed by atoms with van der Waals surface area (Å²) in [4.78, 5) is 1.54. The monoisotopic (exact) mass is 287 g/mol. The van der Waals surface area contributed by atoms with Gasteiger partial charge in [0.2, 0.25) is 5.79 Å². The summed E-state index contributed by atoms with van der Waals surface area (Å²) in [5, 5.41) is 18.8. The Morgan fingerprint density at radius 3 is 2.50 bits per heavy atom. The molecule has 1 aromatic carbocycles. The molecule has 0 spiro atoms. The molecule has 0 aromatic heterocycles. The minimum Gasteiger partial charge on any atom is -0.497 e. The Bertz CT molecular complexity index is 448. The number of hydrogen-bond donors (Lipinski definition) is 2. The molecule has 2 rings (SSSR count). The molecule has 0 unspecified atom stereocenters. The van der Waals surface area contributed by atoms with Crippen LogP contribution in [0.1, 0.15) is 18.4 Å². The number of nitrogens with zero attached hydrogens (tertiary/aromatic N) is 1. The Labute approximate surface area is 116 Å². The van der Waals surface area contributed by atoms with Crippen LogP contribution in [0.2, 0.25) is 0 Å². The summed E-state index contributed by atoms with van der Waals surface area (Å²) in [5.74, 6) is -5.74. The van der Waals surface area contributed by atoms with E-state index in [1.165, 1.54) is 4.90 Å². The molecule has 112 valence electrons. The van der Waals surface area contributed by atoms with E-state index in [1.54, 1.807) is 19.2 Å². The lowest BCUT2D eigenvalue weighted by molar-refractivity contribution is -0.296. The van der Waals surface area contributed by atoms with Crippen LogP contribution in [0, 0.1) is 0 Å². The highest BCUT2D eigenvalue weighted by atomic mass is 19.3. The first-order valence-electron chi connectivity index (χ1n) is 6.52. The normalized spacial score (nSPS) is 22.2. The summed E-state index contributed by atoms with van der Waals surface area (Å²) in [6.07, 6.45) is -0.00213. The zero-order valence-corrected chi connectivity index (χ0v) is 11.4. The zero-order chi connectivity index (χ0) is 14.8. The number of aliphatic hydroxyl groups is 2. The van der Waals surface area contributed by atoms with Gasteiger partial charge in [0.25, 0.3) is 0 Å². The number of methoxy groups -OCH3 is 1. The van der Waals surface area contributed by atoms with Crippen molar-refractivity contribution in [2.24, 2.45) is 0 Å². The van der Waals surface area contributed by atoms with Gasteiger partial charge in [0.05, 0.1) is 13.7 Å². The molecule has 1 aliphatic rings. The second-order valence-corrected chi connectivity index (χ2v) is 5.18. The average Bonchev–Trinajstić information content (AvgIpc) is 2.47. The van der Waals surface area contributed by atoms with Gasteiger partial charge in [-0.05, 0) is 30.7 Å². The van der Waals surface area contributed by atoms with E-state index in [1.807, 2.05) is 12.1 Å². The molecule has 0 saturated carbocycles.